The van der Waals surface area contributed by atoms with Crippen molar-refractivity contribution in [3.05, 3.63) is 0 Å². The lowest BCUT2D eigenvalue weighted by Gasteiger charge is -2.43. The van der Waals surface area contributed by atoms with E-state index in [4.69, 9.17) is 0 Å². The van der Waals surface area contributed by atoms with Crippen molar-refractivity contribution in [3.8, 4) is 0 Å². The quantitative estimate of drug-likeness (QED) is 0.518. The zero-order chi connectivity index (χ0) is 9.31. The summed E-state index contributed by atoms with van der Waals surface area (Å²) in [6.45, 7) is 5.02. The van der Waals surface area contributed by atoms with Gasteiger partial charge in [0.25, 0.3) is 0 Å². The van der Waals surface area contributed by atoms with Crippen LogP contribution in [0.3, 0.4) is 0 Å². The van der Waals surface area contributed by atoms with E-state index >= 15 is 0 Å². The predicted octanol–water partition coefficient (Wildman–Crippen LogP) is 4.39. The second kappa shape index (κ2) is 3.63. The molecule has 0 aliphatic heterocycles. The molecule has 0 nitrogen and oxygen atoms in total. The topological polar surface area (TPSA) is 0 Å². The highest BCUT2D eigenvalue weighted by Crippen LogP contribution is 2.49. The van der Waals surface area contributed by atoms with Gasteiger partial charge in [-0.25, -0.2) is 0 Å². The second-order valence-electron chi connectivity index (χ2n) is 5.89. The molecule has 0 saturated heterocycles. The van der Waals surface area contributed by atoms with Gasteiger partial charge in [0, 0.05) is 0 Å². The Bertz CT molecular complexity index is 169. The summed E-state index contributed by atoms with van der Waals surface area (Å²) in [6, 6.07) is 0. The minimum atomic E-state index is 0.660. The number of hydrogen-bond donors (Lipinski definition) is 0. The molecule has 0 heterocycles. The van der Waals surface area contributed by atoms with Crippen LogP contribution >= 0.6 is 0 Å². The lowest BCUT2D eigenvalue weighted by Crippen LogP contribution is -2.34. The first-order valence-corrected chi connectivity index (χ1v) is 6.20. The Labute approximate surface area is 83.1 Å². The summed E-state index contributed by atoms with van der Waals surface area (Å²) in [5.74, 6) is 2.15. The van der Waals surface area contributed by atoms with Gasteiger partial charge >= 0.3 is 0 Å². The second-order valence-corrected chi connectivity index (χ2v) is 5.89. The third-order valence-corrected chi connectivity index (χ3v) is 4.56. The molecule has 2 unspecified atom stereocenters. The van der Waals surface area contributed by atoms with Gasteiger partial charge in [-0.3, -0.25) is 0 Å². The fourth-order valence-corrected chi connectivity index (χ4v) is 3.76. The standard InChI is InChI=1S/C13H24/c1-13(2)10-6-8-11-7-4-3-5-9-12(11)13/h11-12H,3-10H2,1-2H3. The molecule has 0 aromatic carbocycles. The van der Waals surface area contributed by atoms with Crippen molar-refractivity contribution in [1.82, 2.24) is 0 Å². The third kappa shape index (κ3) is 1.92. The molecule has 0 aromatic rings. The lowest BCUT2D eigenvalue weighted by molar-refractivity contribution is 0.0685. The normalized spacial score (nSPS) is 39.2. The molecule has 2 aliphatic carbocycles. The highest BCUT2D eigenvalue weighted by Gasteiger charge is 2.38. The van der Waals surface area contributed by atoms with Gasteiger partial charge in [-0.2, -0.15) is 0 Å². The largest absolute Gasteiger partial charge is 0.0596 e. The number of hydrogen-bond acceptors (Lipinski definition) is 0. The van der Waals surface area contributed by atoms with Gasteiger partial charge in [0.2, 0.25) is 0 Å². The van der Waals surface area contributed by atoms with Crippen LogP contribution in [0.4, 0.5) is 0 Å². The van der Waals surface area contributed by atoms with Gasteiger partial charge in [-0.05, 0) is 30.1 Å². The molecule has 0 radical (unpaired) electrons. The minimum absolute atomic E-state index is 0.660. The molecular formula is C13H24. The minimum Gasteiger partial charge on any atom is -0.0596 e. The maximum absolute atomic E-state index is 2.51. The Morgan fingerprint density at radius 2 is 1.54 bits per heavy atom. The maximum Gasteiger partial charge on any atom is -0.0323 e. The summed E-state index contributed by atoms with van der Waals surface area (Å²) in [5.41, 5.74) is 0.660. The maximum atomic E-state index is 2.51. The summed E-state index contributed by atoms with van der Waals surface area (Å²) >= 11 is 0. The monoisotopic (exact) mass is 180 g/mol. The van der Waals surface area contributed by atoms with E-state index in [2.05, 4.69) is 13.8 Å². The van der Waals surface area contributed by atoms with E-state index in [9.17, 15) is 0 Å². The molecule has 0 spiro atoms. The molecule has 76 valence electrons. The molecule has 2 rings (SSSR count). The molecule has 2 fully saturated rings. The molecule has 0 amide bonds. The van der Waals surface area contributed by atoms with Gasteiger partial charge < -0.3 is 0 Å². The molecule has 2 saturated carbocycles. The Hall–Kier alpha value is 0. The van der Waals surface area contributed by atoms with Crippen LogP contribution in [-0.2, 0) is 0 Å². The predicted molar refractivity (Wildman–Crippen MR) is 57.7 cm³/mol. The summed E-state index contributed by atoms with van der Waals surface area (Å²) in [5, 5.41) is 0. The van der Waals surface area contributed by atoms with E-state index in [1.807, 2.05) is 0 Å². The first-order valence-electron chi connectivity index (χ1n) is 6.20. The molecular weight excluding hydrogens is 156 g/mol. The van der Waals surface area contributed by atoms with Crippen LogP contribution in [0.25, 0.3) is 0 Å². The van der Waals surface area contributed by atoms with Crippen LogP contribution in [0.1, 0.15) is 65.2 Å². The van der Waals surface area contributed by atoms with Crippen LogP contribution in [0, 0.1) is 17.3 Å². The van der Waals surface area contributed by atoms with Crippen molar-refractivity contribution in [1.29, 1.82) is 0 Å². The van der Waals surface area contributed by atoms with E-state index in [1.165, 1.54) is 51.4 Å². The third-order valence-electron chi connectivity index (χ3n) is 4.56. The van der Waals surface area contributed by atoms with E-state index < -0.39 is 0 Å². The fraction of sp³-hybridized carbons (Fsp3) is 1.00. The van der Waals surface area contributed by atoms with Crippen LogP contribution in [-0.4, -0.2) is 0 Å². The first kappa shape index (κ1) is 9.55. The van der Waals surface area contributed by atoms with E-state index in [0.29, 0.717) is 5.41 Å². The molecule has 0 N–H and O–H groups in total. The zero-order valence-corrected chi connectivity index (χ0v) is 9.31. The Morgan fingerprint density at radius 3 is 2.38 bits per heavy atom. The molecule has 2 atom stereocenters. The Balaban J connectivity index is 2.10. The SMILES string of the molecule is CC1(C)CCCC2CCCCCC21. The number of fused-ring (bicyclic) bond motifs is 1. The van der Waals surface area contributed by atoms with Gasteiger partial charge in [0.1, 0.15) is 0 Å². The summed E-state index contributed by atoms with van der Waals surface area (Å²) in [7, 11) is 0. The van der Waals surface area contributed by atoms with Crippen molar-refractivity contribution in [2.45, 2.75) is 65.2 Å². The van der Waals surface area contributed by atoms with Gasteiger partial charge in [0.05, 0.1) is 0 Å². The van der Waals surface area contributed by atoms with Crippen LogP contribution < -0.4 is 0 Å². The average molecular weight is 180 g/mol. The average Bonchev–Trinajstić information content (AvgIpc) is 2.29. The van der Waals surface area contributed by atoms with Crippen molar-refractivity contribution in [2.75, 3.05) is 0 Å². The van der Waals surface area contributed by atoms with Crippen LogP contribution in [0.15, 0.2) is 0 Å². The zero-order valence-electron chi connectivity index (χ0n) is 9.31. The Kier molecular flexibility index (Phi) is 2.67. The van der Waals surface area contributed by atoms with Crippen molar-refractivity contribution in [3.63, 3.8) is 0 Å². The summed E-state index contributed by atoms with van der Waals surface area (Å²) in [4.78, 5) is 0. The highest BCUT2D eigenvalue weighted by molar-refractivity contribution is 4.89. The molecule has 0 heteroatoms. The Morgan fingerprint density at radius 1 is 0.846 bits per heavy atom. The van der Waals surface area contributed by atoms with Crippen molar-refractivity contribution in [2.24, 2.45) is 17.3 Å². The van der Waals surface area contributed by atoms with Crippen molar-refractivity contribution >= 4 is 0 Å². The summed E-state index contributed by atoms with van der Waals surface area (Å²) in [6.07, 6.45) is 12.1. The van der Waals surface area contributed by atoms with Crippen LogP contribution in [0.2, 0.25) is 0 Å². The lowest BCUT2D eigenvalue weighted by atomic mass is 9.62. The number of rotatable bonds is 0. The van der Waals surface area contributed by atoms with E-state index in [0.717, 1.165) is 11.8 Å². The van der Waals surface area contributed by atoms with Gasteiger partial charge in [-0.15, -0.1) is 0 Å². The van der Waals surface area contributed by atoms with Gasteiger partial charge in [0.15, 0.2) is 0 Å². The smallest absolute Gasteiger partial charge is 0.0323 e. The molecule has 0 aromatic heterocycles. The van der Waals surface area contributed by atoms with Gasteiger partial charge in [-0.1, -0.05) is 52.4 Å². The van der Waals surface area contributed by atoms with Crippen LogP contribution in [0.5, 0.6) is 0 Å². The fourth-order valence-electron chi connectivity index (χ4n) is 3.76. The van der Waals surface area contributed by atoms with Crippen molar-refractivity contribution < 1.29 is 0 Å². The molecule has 2 aliphatic rings. The molecule has 0 bridgehead atoms. The summed E-state index contributed by atoms with van der Waals surface area (Å²) < 4.78 is 0. The molecule has 13 heavy (non-hydrogen) atoms. The first-order chi connectivity index (χ1) is 6.20. The van der Waals surface area contributed by atoms with E-state index in [-0.39, 0.29) is 0 Å². The van der Waals surface area contributed by atoms with E-state index in [1.54, 1.807) is 0 Å². The highest BCUT2D eigenvalue weighted by atomic mass is 14.4.